The summed E-state index contributed by atoms with van der Waals surface area (Å²) in [4.78, 5) is 8.42. The van der Waals surface area contributed by atoms with Gasteiger partial charge in [-0.1, -0.05) is 24.3 Å². The van der Waals surface area contributed by atoms with Gasteiger partial charge >= 0.3 is 0 Å². The van der Waals surface area contributed by atoms with Gasteiger partial charge in [-0.25, -0.2) is 0 Å². The van der Waals surface area contributed by atoms with Crippen LogP contribution in [0.1, 0.15) is 24.2 Å². The smallest absolute Gasteiger partial charge is 0.122 e. The van der Waals surface area contributed by atoms with Gasteiger partial charge in [-0.3, -0.25) is 9.97 Å². The molecule has 0 spiro atoms. The average molecular weight is 319 g/mol. The molecule has 0 radical (unpaired) electrons. The highest BCUT2D eigenvalue weighted by molar-refractivity contribution is 5.62. The van der Waals surface area contributed by atoms with Crippen LogP contribution in [0.5, 0.6) is 5.75 Å². The van der Waals surface area contributed by atoms with Gasteiger partial charge in [-0.15, -0.1) is 0 Å². The first kappa shape index (κ1) is 16.1. The van der Waals surface area contributed by atoms with Gasteiger partial charge in [0.25, 0.3) is 0 Å². The van der Waals surface area contributed by atoms with Crippen molar-refractivity contribution in [1.29, 1.82) is 0 Å². The van der Waals surface area contributed by atoms with E-state index in [0.29, 0.717) is 6.54 Å². The summed E-state index contributed by atoms with van der Waals surface area (Å²) >= 11 is 0. The molecule has 0 saturated heterocycles. The second-order valence-electron chi connectivity index (χ2n) is 5.65. The number of hydrogen-bond acceptors (Lipinski definition) is 4. The number of nitrogens with zero attached hydrogens (tertiary/aromatic N) is 2. The topological polar surface area (TPSA) is 47.0 Å². The summed E-state index contributed by atoms with van der Waals surface area (Å²) in [6, 6.07) is 16.7. The van der Waals surface area contributed by atoms with Crippen LogP contribution in [0.25, 0.3) is 11.1 Å². The van der Waals surface area contributed by atoms with Gasteiger partial charge in [0.15, 0.2) is 0 Å². The Labute approximate surface area is 142 Å². The summed E-state index contributed by atoms with van der Waals surface area (Å²) in [5.74, 6) is 0.830. The highest BCUT2D eigenvalue weighted by Gasteiger charge is 2.06. The summed E-state index contributed by atoms with van der Waals surface area (Å²) in [7, 11) is 1.67. The van der Waals surface area contributed by atoms with E-state index in [2.05, 4.69) is 46.5 Å². The number of rotatable bonds is 6. The first-order valence-electron chi connectivity index (χ1n) is 7.99. The molecule has 1 aromatic carbocycles. The van der Waals surface area contributed by atoms with Crippen molar-refractivity contribution in [2.24, 2.45) is 0 Å². The lowest BCUT2D eigenvalue weighted by molar-refractivity contribution is 0.413. The van der Waals surface area contributed by atoms with Gasteiger partial charge in [0, 0.05) is 37.2 Å². The van der Waals surface area contributed by atoms with Crippen LogP contribution >= 0.6 is 0 Å². The van der Waals surface area contributed by atoms with Crippen LogP contribution in [0.15, 0.2) is 67.1 Å². The average Bonchev–Trinajstić information content (AvgIpc) is 2.67. The van der Waals surface area contributed by atoms with Crippen LogP contribution in [0, 0.1) is 0 Å². The Morgan fingerprint density at radius 2 is 1.67 bits per heavy atom. The van der Waals surface area contributed by atoms with Crippen molar-refractivity contribution >= 4 is 0 Å². The molecule has 0 aliphatic carbocycles. The van der Waals surface area contributed by atoms with Crippen molar-refractivity contribution in [3.05, 3.63) is 78.4 Å². The number of nitrogens with one attached hydrogen (secondary N) is 1. The summed E-state index contributed by atoms with van der Waals surface area (Å²) in [5.41, 5.74) is 4.59. The Balaban J connectivity index is 1.63. The van der Waals surface area contributed by atoms with Gasteiger partial charge in [0.2, 0.25) is 0 Å². The van der Waals surface area contributed by atoms with Crippen LogP contribution in [0.2, 0.25) is 0 Å². The fraction of sp³-hybridized carbons (Fsp3) is 0.200. The molecule has 0 saturated carbocycles. The van der Waals surface area contributed by atoms with E-state index in [1.165, 1.54) is 16.7 Å². The molecule has 1 atom stereocenters. The van der Waals surface area contributed by atoms with Crippen molar-refractivity contribution in [1.82, 2.24) is 15.3 Å². The number of aromatic nitrogens is 2. The van der Waals surface area contributed by atoms with Crippen molar-refractivity contribution in [3.63, 3.8) is 0 Å². The van der Waals surface area contributed by atoms with Crippen LogP contribution in [-0.2, 0) is 6.54 Å². The molecule has 2 aromatic heterocycles. The number of benzene rings is 1. The summed E-state index contributed by atoms with van der Waals surface area (Å²) < 4.78 is 5.23. The van der Waals surface area contributed by atoms with E-state index in [-0.39, 0.29) is 6.04 Å². The van der Waals surface area contributed by atoms with Crippen LogP contribution < -0.4 is 10.1 Å². The van der Waals surface area contributed by atoms with E-state index in [0.717, 1.165) is 11.4 Å². The molecule has 0 bridgehead atoms. The Morgan fingerprint density at radius 1 is 0.958 bits per heavy atom. The van der Waals surface area contributed by atoms with Crippen LogP contribution in [0.3, 0.4) is 0 Å². The van der Waals surface area contributed by atoms with Gasteiger partial charge in [-0.2, -0.15) is 0 Å². The number of ether oxygens (including phenoxy) is 1. The summed E-state index contributed by atoms with van der Waals surface area (Å²) in [6.07, 6.45) is 5.40. The van der Waals surface area contributed by atoms with E-state index in [9.17, 15) is 0 Å². The minimum Gasteiger partial charge on any atom is -0.497 e. The fourth-order valence-corrected chi connectivity index (χ4v) is 2.56. The second kappa shape index (κ2) is 7.70. The van der Waals surface area contributed by atoms with Crippen LogP contribution in [-0.4, -0.2) is 17.1 Å². The molecular weight excluding hydrogens is 298 g/mol. The summed E-state index contributed by atoms with van der Waals surface area (Å²) in [6.45, 7) is 2.85. The highest BCUT2D eigenvalue weighted by atomic mass is 16.5. The van der Waals surface area contributed by atoms with E-state index in [1.807, 2.05) is 36.7 Å². The quantitative estimate of drug-likeness (QED) is 0.746. The zero-order valence-corrected chi connectivity index (χ0v) is 13.9. The fourth-order valence-electron chi connectivity index (χ4n) is 2.56. The van der Waals surface area contributed by atoms with E-state index in [1.54, 1.807) is 13.3 Å². The highest BCUT2D eigenvalue weighted by Crippen LogP contribution is 2.21. The lowest BCUT2D eigenvalue weighted by Crippen LogP contribution is -2.18. The van der Waals surface area contributed by atoms with Crippen molar-refractivity contribution in [2.75, 3.05) is 7.11 Å². The number of hydrogen-bond donors (Lipinski definition) is 1. The minimum absolute atomic E-state index is 0.240. The zero-order valence-electron chi connectivity index (χ0n) is 13.9. The zero-order chi connectivity index (χ0) is 16.8. The summed E-state index contributed by atoms with van der Waals surface area (Å²) in [5, 5.41) is 3.50. The molecule has 0 aliphatic rings. The van der Waals surface area contributed by atoms with Gasteiger partial charge < -0.3 is 10.1 Å². The van der Waals surface area contributed by atoms with E-state index < -0.39 is 0 Å². The third kappa shape index (κ3) is 3.97. The van der Waals surface area contributed by atoms with Gasteiger partial charge in [0.05, 0.1) is 12.8 Å². The molecule has 2 heterocycles. The Kier molecular flexibility index (Phi) is 5.18. The molecule has 0 fully saturated rings. The molecule has 4 heteroatoms. The predicted octanol–water partition coefficient (Wildman–Crippen LogP) is 4.00. The first-order chi connectivity index (χ1) is 11.8. The molecule has 0 amide bonds. The molecule has 3 aromatic rings. The molecule has 3 rings (SSSR count). The van der Waals surface area contributed by atoms with Crippen molar-refractivity contribution in [2.45, 2.75) is 19.5 Å². The van der Waals surface area contributed by atoms with Crippen LogP contribution in [0.4, 0.5) is 0 Å². The first-order valence-corrected chi connectivity index (χ1v) is 7.99. The molecule has 4 nitrogen and oxygen atoms in total. The normalized spacial score (nSPS) is 11.9. The Hall–Kier alpha value is -2.72. The Morgan fingerprint density at radius 3 is 2.38 bits per heavy atom. The molecule has 0 aliphatic heterocycles. The minimum atomic E-state index is 0.240. The van der Waals surface area contributed by atoms with E-state index in [4.69, 9.17) is 4.74 Å². The monoisotopic (exact) mass is 319 g/mol. The number of pyridine rings is 2. The van der Waals surface area contributed by atoms with Gasteiger partial charge in [0.1, 0.15) is 5.75 Å². The number of methoxy groups -OCH3 is 1. The van der Waals surface area contributed by atoms with Crippen molar-refractivity contribution < 1.29 is 4.74 Å². The SMILES string of the molecule is COc1ccnc(CN[C@@H](C)c2ccc(-c3ccncc3)cc2)c1. The maximum absolute atomic E-state index is 5.23. The lowest BCUT2D eigenvalue weighted by atomic mass is 10.0. The largest absolute Gasteiger partial charge is 0.497 e. The second-order valence-corrected chi connectivity index (χ2v) is 5.65. The third-order valence-electron chi connectivity index (χ3n) is 4.04. The lowest BCUT2D eigenvalue weighted by Gasteiger charge is -2.15. The molecule has 0 unspecified atom stereocenters. The molecule has 122 valence electrons. The van der Waals surface area contributed by atoms with E-state index >= 15 is 0 Å². The molecule has 24 heavy (non-hydrogen) atoms. The standard InChI is InChI=1S/C20H21N3O/c1-15(23-14-19-13-20(24-2)9-12-22-19)16-3-5-17(6-4-16)18-7-10-21-11-8-18/h3-13,15,23H,14H2,1-2H3/t15-/m0/s1. The molecular formula is C20H21N3O. The maximum atomic E-state index is 5.23. The third-order valence-corrected chi connectivity index (χ3v) is 4.04. The molecule has 1 N–H and O–H groups in total. The maximum Gasteiger partial charge on any atom is 0.122 e. The Bertz CT molecular complexity index is 772. The predicted molar refractivity (Wildman–Crippen MR) is 95.7 cm³/mol. The van der Waals surface area contributed by atoms with Crippen molar-refractivity contribution in [3.8, 4) is 16.9 Å². The van der Waals surface area contributed by atoms with Gasteiger partial charge in [-0.05, 0) is 41.8 Å².